The lowest BCUT2D eigenvalue weighted by atomic mass is 9.95. The summed E-state index contributed by atoms with van der Waals surface area (Å²) in [6, 6.07) is 21.3. The smallest absolute Gasteiger partial charge is 0.269 e. The van der Waals surface area contributed by atoms with Crippen molar-refractivity contribution in [2.45, 2.75) is 11.4 Å². The first-order valence-corrected chi connectivity index (χ1v) is 10.7. The van der Waals surface area contributed by atoms with Crippen LogP contribution in [0.15, 0.2) is 72.8 Å². The number of fused-ring (bicyclic) bond motifs is 5. The molecule has 0 aliphatic carbocycles. The number of β-lactam (4-membered cyclic amide) rings is 1. The van der Waals surface area contributed by atoms with E-state index in [0.29, 0.717) is 11.4 Å². The van der Waals surface area contributed by atoms with Crippen molar-refractivity contribution in [3.63, 3.8) is 0 Å². The molecule has 1 amide bonds. The van der Waals surface area contributed by atoms with Gasteiger partial charge in [0.15, 0.2) is 5.82 Å². The maximum atomic E-state index is 12.7. The highest BCUT2D eigenvalue weighted by molar-refractivity contribution is 6.34. The molecule has 6 rings (SSSR count). The maximum absolute atomic E-state index is 12.7. The van der Waals surface area contributed by atoms with E-state index in [-0.39, 0.29) is 11.6 Å². The molecule has 0 radical (unpaired) electrons. The summed E-state index contributed by atoms with van der Waals surface area (Å²) in [7, 11) is 0. The molecule has 9 heteroatoms. The molecule has 1 aliphatic heterocycles. The van der Waals surface area contributed by atoms with E-state index in [1.807, 2.05) is 48.5 Å². The Morgan fingerprint density at radius 3 is 2.45 bits per heavy atom. The van der Waals surface area contributed by atoms with Crippen molar-refractivity contribution in [1.82, 2.24) is 15.0 Å². The second-order valence-electron chi connectivity index (χ2n) is 7.91. The van der Waals surface area contributed by atoms with E-state index >= 15 is 0 Å². The minimum absolute atomic E-state index is 0.0215. The number of alkyl halides is 1. The number of nitrogens with zero attached hydrogens (tertiary/aromatic N) is 3. The third-order valence-electron chi connectivity index (χ3n) is 6.05. The van der Waals surface area contributed by atoms with E-state index in [9.17, 15) is 14.9 Å². The van der Waals surface area contributed by atoms with E-state index in [2.05, 4.69) is 10.4 Å². The van der Waals surface area contributed by atoms with Crippen LogP contribution in [-0.4, -0.2) is 31.2 Å². The molecule has 2 aromatic heterocycles. The van der Waals surface area contributed by atoms with E-state index in [0.717, 1.165) is 32.7 Å². The molecule has 3 aromatic carbocycles. The van der Waals surface area contributed by atoms with Gasteiger partial charge in [0, 0.05) is 28.4 Å². The number of amides is 1. The fourth-order valence-corrected chi connectivity index (χ4v) is 4.80. The molecule has 1 aliphatic rings. The molecule has 2 unspecified atom stereocenters. The Morgan fingerprint density at radius 1 is 1.00 bits per heavy atom. The number of nitrogens with one attached hydrogen (secondary N) is 2. The average molecular weight is 458 g/mol. The highest BCUT2D eigenvalue weighted by Gasteiger charge is 2.48. The highest BCUT2D eigenvalue weighted by Crippen LogP contribution is 2.41. The van der Waals surface area contributed by atoms with Gasteiger partial charge in [-0.1, -0.05) is 36.4 Å². The van der Waals surface area contributed by atoms with Crippen molar-refractivity contribution < 1.29 is 9.72 Å². The lowest BCUT2D eigenvalue weighted by molar-refractivity contribution is -0.384. The molecule has 33 heavy (non-hydrogen) atoms. The van der Waals surface area contributed by atoms with E-state index < -0.39 is 16.3 Å². The van der Waals surface area contributed by atoms with Crippen molar-refractivity contribution in [3.05, 3.63) is 88.5 Å². The zero-order chi connectivity index (χ0) is 22.7. The number of para-hydroxylation sites is 2. The third-order valence-corrected chi connectivity index (χ3v) is 6.47. The number of benzene rings is 3. The standard InChI is InChI=1S/C24H16ClN5O3/c25-20-22(13-9-11-14(12-10-13)30(32)33)29(24(20)31)28-23-19-15-5-1-3-7-17(15)26-21(19)16-6-2-4-8-18(16)27-23/h1-12,20,22,26H,(H,27,28). The first-order valence-electron chi connectivity index (χ1n) is 10.3. The first kappa shape index (κ1) is 19.5. The Kier molecular flexibility index (Phi) is 4.24. The van der Waals surface area contributed by atoms with Crippen molar-refractivity contribution in [2.24, 2.45) is 0 Å². The van der Waals surface area contributed by atoms with Crippen LogP contribution in [0.4, 0.5) is 11.5 Å². The van der Waals surface area contributed by atoms with Crippen molar-refractivity contribution >= 4 is 61.7 Å². The number of nitro groups is 1. The largest absolute Gasteiger partial charge is 0.354 e. The van der Waals surface area contributed by atoms with Crippen LogP contribution in [0, 0.1) is 10.1 Å². The molecule has 2 N–H and O–H groups in total. The molecule has 1 fully saturated rings. The van der Waals surface area contributed by atoms with Crippen LogP contribution in [0.3, 0.4) is 0 Å². The van der Waals surface area contributed by atoms with Crippen molar-refractivity contribution in [1.29, 1.82) is 0 Å². The zero-order valence-electron chi connectivity index (χ0n) is 17.0. The predicted molar refractivity (Wildman–Crippen MR) is 127 cm³/mol. The number of nitro benzene ring substituents is 1. The number of aromatic amines is 1. The molecule has 8 nitrogen and oxygen atoms in total. The lowest BCUT2D eigenvalue weighted by Gasteiger charge is -2.44. The minimum atomic E-state index is -0.780. The van der Waals surface area contributed by atoms with Crippen LogP contribution in [0.5, 0.6) is 0 Å². The summed E-state index contributed by atoms with van der Waals surface area (Å²) in [5.74, 6) is 0.243. The third kappa shape index (κ3) is 2.91. The van der Waals surface area contributed by atoms with E-state index in [4.69, 9.17) is 16.6 Å². The Labute approximate surface area is 191 Å². The molecule has 1 saturated heterocycles. The van der Waals surface area contributed by atoms with Gasteiger partial charge in [0.1, 0.15) is 11.4 Å². The minimum Gasteiger partial charge on any atom is -0.354 e. The summed E-state index contributed by atoms with van der Waals surface area (Å²) in [5.41, 5.74) is 6.53. The number of pyridine rings is 1. The van der Waals surface area contributed by atoms with E-state index in [1.54, 1.807) is 12.1 Å². The van der Waals surface area contributed by atoms with Crippen molar-refractivity contribution in [3.8, 4) is 0 Å². The lowest BCUT2D eigenvalue weighted by Crippen LogP contribution is -2.58. The Hall–Kier alpha value is -4.17. The number of anilines is 1. The number of non-ortho nitro benzene ring substituents is 1. The summed E-state index contributed by atoms with van der Waals surface area (Å²) in [6.45, 7) is 0. The van der Waals surface area contributed by atoms with Gasteiger partial charge >= 0.3 is 0 Å². The number of halogens is 1. The van der Waals surface area contributed by atoms with Crippen LogP contribution in [-0.2, 0) is 4.79 Å². The van der Waals surface area contributed by atoms with Gasteiger partial charge in [-0.25, -0.2) is 9.99 Å². The molecule has 5 aromatic rings. The monoisotopic (exact) mass is 457 g/mol. The molecule has 162 valence electrons. The van der Waals surface area contributed by atoms with Gasteiger partial charge in [0.2, 0.25) is 0 Å². The number of carbonyl (C=O) groups excluding carboxylic acids is 1. The predicted octanol–water partition coefficient (Wildman–Crippen LogP) is 5.30. The summed E-state index contributed by atoms with van der Waals surface area (Å²) in [5, 5.41) is 14.5. The van der Waals surface area contributed by atoms with Crippen LogP contribution in [0.25, 0.3) is 32.7 Å². The fourth-order valence-electron chi connectivity index (χ4n) is 4.43. The van der Waals surface area contributed by atoms with Crippen LogP contribution in [0.1, 0.15) is 11.6 Å². The summed E-state index contributed by atoms with van der Waals surface area (Å²) in [6.07, 6.45) is 0. The molecular weight excluding hydrogens is 442 g/mol. The summed E-state index contributed by atoms with van der Waals surface area (Å²) < 4.78 is 0. The van der Waals surface area contributed by atoms with Gasteiger partial charge in [-0.3, -0.25) is 20.3 Å². The highest BCUT2D eigenvalue weighted by atomic mass is 35.5. The topological polar surface area (TPSA) is 104 Å². The molecule has 0 bridgehead atoms. The van der Waals surface area contributed by atoms with Crippen molar-refractivity contribution in [2.75, 3.05) is 5.43 Å². The quantitative estimate of drug-likeness (QED) is 0.165. The van der Waals surface area contributed by atoms with Crippen LogP contribution >= 0.6 is 11.6 Å². The fraction of sp³-hybridized carbons (Fsp3) is 0.0833. The molecule has 0 saturated carbocycles. The van der Waals surface area contributed by atoms with Crippen LogP contribution < -0.4 is 5.43 Å². The van der Waals surface area contributed by atoms with Gasteiger partial charge in [-0.15, -0.1) is 11.6 Å². The number of aromatic nitrogens is 2. The van der Waals surface area contributed by atoms with Gasteiger partial charge in [0.05, 0.1) is 21.3 Å². The molecule has 2 atom stereocenters. The van der Waals surface area contributed by atoms with E-state index in [1.165, 1.54) is 17.1 Å². The number of hydrazine groups is 1. The number of carbonyl (C=O) groups is 1. The first-order chi connectivity index (χ1) is 16.0. The SMILES string of the molecule is O=C1C(Cl)C(c2ccc([N+](=O)[O-])cc2)N1Nc1nc2ccccc2c2[nH]c3ccccc3c12. The van der Waals surface area contributed by atoms with Gasteiger partial charge in [-0.2, -0.15) is 0 Å². The number of hydrogen-bond donors (Lipinski definition) is 2. The number of rotatable bonds is 4. The maximum Gasteiger partial charge on any atom is 0.269 e. The van der Waals surface area contributed by atoms with Gasteiger partial charge < -0.3 is 4.98 Å². The number of hydrogen-bond acceptors (Lipinski definition) is 5. The zero-order valence-corrected chi connectivity index (χ0v) is 17.8. The number of H-pyrrole nitrogens is 1. The van der Waals surface area contributed by atoms with Crippen LogP contribution in [0.2, 0.25) is 0 Å². The normalized spacial score (nSPS) is 18.1. The van der Waals surface area contributed by atoms with Gasteiger partial charge in [0.25, 0.3) is 11.6 Å². The average Bonchev–Trinajstić information content (AvgIpc) is 3.24. The summed E-state index contributed by atoms with van der Waals surface area (Å²) in [4.78, 5) is 31.5. The molecule has 3 heterocycles. The Bertz CT molecular complexity index is 1580. The molecular formula is C24H16ClN5O3. The van der Waals surface area contributed by atoms with Gasteiger partial charge in [-0.05, 0) is 29.8 Å². The molecule has 0 spiro atoms. The summed E-state index contributed by atoms with van der Waals surface area (Å²) >= 11 is 6.36. The Balaban J connectivity index is 1.47. The second-order valence-corrected chi connectivity index (χ2v) is 8.38. The second kappa shape index (κ2) is 7.18. The Morgan fingerprint density at radius 2 is 1.70 bits per heavy atom.